The van der Waals surface area contributed by atoms with Crippen molar-refractivity contribution in [3.63, 3.8) is 0 Å². The number of sulfonamides is 1. The third-order valence-corrected chi connectivity index (χ3v) is 6.72. The lowest BCUT2D eigenvalue weighted by Crippen LogP contribution is -2.40. The second-order valence-corrected chi connectivity index (χ2v) is 8.61. The Hall–Kier alpha value is -2.52. The van der Waals surface area contributed by atoms with Crippen molar-refractivity contribution in [2.75, 3.05) is 25.0 Å². The maximum absolute atomic E-state index is 13.1. The van der Waals surface area contributed by atoms with Crippen molar-refractivity contribution in [2.24, 2.45) is 0 Å². The average molecular weight is 407 g/mol. The van der Waals surface area contributed by atoms with E-state index >= 15 is 0 Å². The molecule has 1 saturated heterocycles. The number of aromatic nitrogens is 1. The van der Waals surface area contributed by atoms with Crippen LogP contribution in [0.3, 0.4) is 0 Å². The number of piperidine rings is 1. The van der Waals surface area contributed by atoms with Crippen LogP contribution in [0.1, 0.15) is 19.3 Å². The van der Waals surface area contributed by atoms with Crippen molar-refractivity contribution < 1.29 is 17.6 Å². The third kappa shape index (κ3) is 4.15. The van der Waals surface area contributed by atoms with Gasteiger partial charge in [-0.1, -0.05) is 6.42 Å². The number of likely N-dealkylation sites (N-methyl/N-ethyl adjacent to an activating group) is 1. The number of rotatable bonds is 5. The molecule has 1 aliphatic rings. The van der Waals surface area contributed by atoms with Gasteiger partial charge in [0, 0.05) is 32.0 Å². The quantitative estimate of drug-likeness (QED) is 0.757. The molecule has 28 heavy (non-hydrogen) atoms. The van der Waals surface area contributed by atoms with Gasteiger partial charge in [0.15, 0.2) is 0 Å². The molecule has 2 aromatic rings. The zero-order valence-corrected chi connectivity index (χ0v) is 16.4. The molecule has 7 nitrogen and oxygen atoms in total. The van der Waals surface area contributed by atoms with Gasteiger partial charge in [-0.15, -0.1) is 0 Å². The Bertz CT molecular complexity index is 1010. The van der Waals surface area contributed by atoms with Crippen LogP contribution < -0.4 is 10.5 Å². The zero-order valence-electron chi connectivity index (χ0n) is 15.5. The molecule has 1 aromatic carbocycles. The van der Waals surface area contributed by atoms with Gasteiger partial charge in [-0.05, 0) is 49.2 Å². The first-order valence-electron chi connectivity index (χ1n) is 9.02. The Morgan fingerprint density at radius 1 is 1.11 bits per heavy atom. The van der Waals surface area contributed by atoms with Gasteiger partial charge in [-0.3, -0.25) is 9.59 Å². The fourth-order valence-electron chi connectivity index (χ4n) is 3.14. The normalized spacial score (nSPS) is 15.4. The fraction of sp³-hybridized carbons (Fsp3) is 0.368. The largest absolute Gasteiger partial charge is 0.314 e. The molecule has 2 heterocycles. The van der Waals surface area contributed by atoms with E-state index in [1.807, 2.05) is 0 Å². The number of hydrogen-bond donors (Lipinski definition) is 0. The molecule has 0 N–H and O–H groups in total. The number of carbonyl (C=O) groups is 1. The van der Waals surface area contributed by atoms with Gasteiger partial charge in [0.2, 0.25) is 15.9 Å². The van der Waals surface area contributed by atoms with Crippen molar-refractivity contribution in [3.8, 4) is 0 Å². The van der Waals surface area contributed by atoms with Crippen molar-refractivity contribution in [1.82, 2.24) is 8.87 Å². The van der Waals surface area contributed by atoms with Crippen LogP contribution in [-0.2, 0) is 21.4 Å². The second kappa shape index (κ2) is 8.24. The highest BCUT2D eigenvalue weighted by Crippen LogP contribution is 2.18. The van der Waals surface area contributed by atoms with E-state index in [2.05, 4.69) is 0 Å². The minimum absolute atomic E-state index is 0.323. The molecule has 0 bridgehead atoms. The lowest BCUT2D eigenvalue weighted by molar-refractivity contribution is -0.118. The highest BCUT2D eigenvalue weighted by molar-refractivity contribution is 7.89. The molecule has 150 valence electrons. The van der Waals surface area contributed by atoms with Crippen LogP contribution in [-0.4, -0.2) is 43.3 Å². The molecule has 1 fully saturated rings. The molecule has 1 amide bonds. The van der Waals surface area contributed by atoms with Gasteiger partial charge in [0.1, 0.15) is 17.3 Å². The number of benzene rings is 1. The molecular formula is C19H22FN3O4S. The highest BCUT2D eigenvalue weighted by atomic mass is 32.2. The zero-order chi connectivity index (χ0) is 20.3. The average Bonchev–Trinajstić information content (AvgIpc) is 2.70. The minimum atomic E-state index is -3.89. The smallest absolute Gasteiger partial charge is 0.271 e. The number of halogens is 1. The summed E-state index contributed by atoms with van der Waals surface area (Å²) in [5.74, 6) is -0.849. The molecule has 0 atom stereocenters. The van der Waals surface area contributed by atoms with Crippen LogP contribution in [0.4, 0.5) is 10.1 Å². The lowest BCUT2D eigenvalue weighted by atomic mass is 10.2. The van der Waals surface area contributed by atoms with Crippen molar-refractivity contribution in [3.05, 3.63) is 58.8 Å². The summed E-state index contributed by atoms with van der Waals surface area (Å²) in [6, 6.07) is 8.09. The molecule has 0 spiro atoms. The predicted molar refractivity (Wildman–Crippen MR) is 103 cm³/mol. The summed E-state index contributed by atoms with van der Waals surface area (Å²) < 4.78 is 41.1. The molecule has 0 saturated carbocycles. The second-order valence-electron chi connectivity index (χ2n) is 6.70. The Labute approximate surface area is 163 Å². The van der Waals surface area contributed by atoms with Crippen molar-refractivity contribution in [1.29, 1.82) is 0 Å². The Balaban J connectivity index is 1.83. The summed E-state index contributed by atoms with van der Waals surface area (Å²) >= 11 is 0. The number of hydrogen-bond acceptors (Lipinski definition) is 4. The van der Waals surface area contributed by atoms with E-state index in [1.54, 1.807) is 0 Å². The summed E-state index contributed by atoms with van der Waals surface area (Å²) in [5, 5.41) is 0. The predicted octanol–water partition coefficient (Wildman–Crippen LogP) is 1.82. The first kappa shape index (κ1) is 20.2. The number of pyridine rings is 1. The SMILES string of the molecule is CN(C(=O)Cn1cccc(S(=O)(=O)N2CCCCC2)c1=O)c1ccc(F)cc1. The molecule has 0 radical (unpaired) electrons. The van der Waals surface area contributed by atoms with Crippen molar-refractivity contribution >= 4 is 21.6 Å². The molecule has 0 aliphatic carbocycles. The standard InChI is InChI=1S/C19H22FN3O4S/c1-21(16-9-7-15(20)8-10-16)18(24)14-22-11-5-6-17(19(22)25)28(26,27)23-12-3-2-4-13-23/h5-11H,2-4,12-14H2,1H3. The summed E-state index contributed by atoms with van der Waals surface area (Å²) in [7, 11) is -2.39. The number of anilines is 1. The molecule has 1 aliphatic heterocycles. The van der Waals surface area contributed by atoms with Crippen LogP contribution >= 0.6 is 0 Å². The van der Waals surface area contributed by atoms with Crippen molar-refractivity contribution in [2.45, 2.75) is 30.7 Å². The number of carbonyl (C=O) groups excluding carboxylic acids is 1. The first-order valence-corrected chi connectivity index (χ1v) is 10.5. The molecular weight excluding hydrogens is 385 g/mol. The fourth-order valence-corrected chi connectivity index (χ4v) is 4.75. The van der Waals surface area contributed by atoms with Gasteiger partial charge >= 0.3 is 0 Å². The van der Waals surface area contributed by atoms with Crippen LogP contribution in [0.25, 0.3) is 0 Å². The van der Waals surface area contributed by atoms with E-state index in [-0.39, 0.29) is 11.4 Å². The topological polar surface area (TPSA) is 79.7 Å². The minimum Gasteiger partial charge on any atom is -0.314 e. The van der Waals surface area contributed by atoms with Crippen LogP contribution in [0, 0.1) is 5.82 Å². The van der Waals surface area contributed by atoms with Gasteiger partial charge in [0.25, 0.3) is 5.56 Å². The molecule has 0 unspecified atom stereocenters. The summed E-state index contributed by atoms with van der Waals surface area (Å²) in [4.78, 5) is 26.2. The Morgan fingerprint density at radius 3 is 2.39 bits per heavy atom. The van der Waals surface area contributed by atoms with Crippen LogP contribution in [0.5, 0.6) is 0 Å². The van der Waals surface area contributed by atoms with E-state index in [0.717, 1.165) is 23.8 Å². The van der Waals surface area contributed by atoms with Crippen LogP contribution in [0.15, 0.2) is 52.3 Å². The van der Waals surface area contributed by atoms with E-state index < -0.39 is 27.3 Å². The highest BCUT2D eigenvalue weighted by Gasteiger charge is 2.29. The Morgan fingerprint density at radius 2 is 1.75 bits per heavy atom. The van der Waals surface area contributed by atoms with Gasteiger partial charge < -0.3 is 9.47 Å². The monoisotopic (exact) mass is 407 g/mol. The number of amides is 1. The first-order chi connectivity index (χ1) is 13.3. The number of nitrogens with zero attached hydrogens (tertiary/aromatic N) is 3. The molecule has 3 rings (SSSR count). The van der Waals surface area contributed by atoms with E-state index in [0.29, 0.717) is 18.8 Å². The van der Waals surface area contributed by atoms with Gasteiger partial charge in [-0.2, -0.15) is 4.31 Å². The third-order valence-electron chi connectivity index (χ3n) is 4.81. The summed E-state index contributed by atoms with van der Waals surface area (Å²) in [6.07, 6.45) is 3.88. The lowest BCUT2D eigenvalue weighted by Gasteiger charge is -2.25. The maximum atomic E-state index is 13.1. The summed E-state index contributed by atoms with van der Waals surface area (Å²) in [6.45, 7) is 0.460. The van der Waals surface area contributed by atoms with E-state index in [4.69, 9.17) is 0 Å². The molecule has 1 aromatic heterocycles. The Kier molecular flexibility index (Phi) is 5.95. The summed E-state index contributed by atoms with van der Waals surface area (Å²) in [5.41, 5.74) is -0.259. The maximum Gasteiger partial charge on any atom is 0.271 e. The van der Waals surface area contributed by atoms with Gasteiger partial charge in [0.05, 0.1) is 0 Å². The van der Waals surface area contributed by atoms with Crippen LogP contribution in [0.2, 0.25) is 0 Å². The van der Waals surface area contributed by atoms with E-state index in [1.165, 1.54) is 58.8 Å². The van der Waals surface area contributed by atoms with E-state index in [9.17, 15) is 22.4 Å². The molecule has 9 heteroatoms. The van der Waals surface area contributed by atoms with Gasteiger partial charge in [-0.25, -0.2) is 12.8 Å².